The summed E-state index contributed by atoms with van der Waals surface area (Å²) in [5, 5.41) is 13.2. The molecule has 1 heterocycles. The van der Waals surface area contributed by atoms with E-state index in [-0.39, 0.29) is 5.56 Å². The van der Waals surface area contributed by atoms with Crippen molar-refractivity contribution in [2.75, 3.05) is 0 Å². The van der Waals surface area contributed by atoms with Crippen molar-refractivity contribution < 1.29 is 9.90 Å². The number of hydrogen-bond acceptors (Lipinski definition) is 3. The van der Waals surface area contributed by atoms with Crippen LogP contribution in [-0.2, 0) is 6.42 Å². The van der Waals surface area contributed by atoms with Gasteiger partial charge in [0.05, 0.1) is 16.9 Å². The largest absolute Gasteiger partial charge is 0.478 e. The van der Waals surface area contributed by atoms with E-state index in [0.29, 0.717) is 17.8 Å². The van der Waals surface area contributed by atoms with Gasteiger partial charge in [-0.2, -0.15) is 9.78 Å². The first-order valence-electron chi connectivity index (χ1n) is 5.65. The van der Waals surface area contributed by atoms with Gasteiger partial charge in [-0.25, -0.2) is 4.79 Å². The molecule has 1 aromatic heterocycles. The second-order valence-corrected chi connectivity index (χ2v) is 4.81. The van der Waals surface area contributed by atoms with E-state index in [0.717, 1.165) is 10.5 Å². The van der Waals surface area contributed by atoms with Crippen molar-refractivity contribution in [3.05, 3.63) is 56.4 Å². The Kier molecular flexibility index (Phi) is 3.80. The highest BCUT2D eigenvalue weighted by molar-refractivity contribution is 9.10. The van der Waals surface area contributed by atoms with Crippen LogP contribution in [0.25, 0.3) is 5.69 Å². The van der Waals surface area contributed by atoms with Gasteiger partial charge in [-0.3, -0.25) is 4.79 Å². The van der Waals surface area contributed by atoms with Crippen LogP contribution < -0.4 is 5.56 Å². The maximum atomic E-state index is 11.9. The summed E-state index contributed by atoms with van der Waals surface area (Å²) < 4.78 is 2.02. The van der Waals surface area contributed by atoms with E-state index in [1.165, 1.54) is 4.68 Å². The molecule has 5 nitrogen and oxygen atoms in total. The highest BCUT2D eigenvalue weighted by atomic mass is 79.9. The van der Waals surface area contributed by atoms with Crippen LogP contribution in [0, 0.1) is 0 Å². The Bertz CT molecular complexity index is 695. The molecular weight excluding hydrogens is 312 g/mol. The predicted octanol–water partition coefficient (Wildman–Crippen LogP) is 2.26. The molecule has 0 aliphatic rings. The van der Waals surface area contributed by atoms with Crippen LogP contribution in [0.4, 0.5) is 0 Å². The summed E-state index contributed by atoms with van der Waals surface area (Å²) in [5.41, 5.74) is 0.463. The highest BCUT2D eigenvalue weighted by Crippen LogP contribution is 2.14. The van der Waals surface area contributed by atoms with E-state index in [1.54, 1.807) is 25.1 Å². The van der Waals surface area contributed by atoms with Crippen molar-refractivity contribution in [2.24, 2.45) is 0 Å². The molecule has 0 fully saturated rings. The molecule has 0 amide bonds. The summed E-state index contributed by atoms with van der Waals surface area (Å²) in [6.45, 7) is 1.80. The summed E-state index contributed by atoms with van der Waals surface area (Å²) in [6.07, 6.45) is 0.440. The molecule has 0 saturated carbocycles. The summed E-state index contributed by atoms with van der Waals surface area (Å²) in [7, 11) is 0. The Morgan fingerprint density at radius 3 is 2.74 bits per heavy atom. The number of halogens is 1. The zero-order valence-electron chi connectivity index (χ0n) is 10.1. The van der Waals surface area contributed by atoms with Crippen LogP contribution in [-0.4, -0.2) is 20.9 Å². The van der Waals surface area contributed by atoms with E-state index < -0.39 is 11.5 Å². The Hall–Kier alpha value is -1.95. The monoisotopic (exact) mass is 322 g/mol. The minimum Gasteiger partial charge on any atom is -0.478 e. The number of aromatic nitrogens is 2. The molecule has 0 bridgehead atoms. The van der Waals surface area contributed by atoms with Gasteiger partial charge in [0.2, 0.25) is 0 Å². The number of benzene rings is 1. The van der Waals surface area contributed by atoms with Gasteiger partial charge in [0.25, 0.3) is 5.56 Å². The minimum absolute atomic E-state index is 0.0428. The quantitative estimate of drug-likeness (QED) is 0.940. The first kappa shape index (κ1) is 13.5. The van der Waals surface area contributed by atoms with Gasteiger partial charge in [-0.1, -0.05) is 28.9 Å². The Morgan fingerprint density at radius 2 is 2.16 bits per heavy atom. The van der Waals surface area contributed by atoms with Crippen LogP contribution >= 0.6 is 15.9 Å². The van der Waals surface area contributed by atoms with Crippen molar-refractivity contribution >= 4 is 21.9 Å². The molecule has 98 valence electrons. The fourth-order valence-corrected chi connectivity index (χ4v) is 2.12. The Morgan fingerprint density at radius 1 is 1.42 bits per heavy atom. The number of aromatic carboxylic acids is 1. The topological polar surface area (TPSA) is 72.2 Å². The van der Waals surface area contributed by atoms with Crippen LogP contribution in [0.5, 0.6) is 0 Å². The molecule has 0 aliphatic carbocycles. The van der Waals surface area contributed by atoms with E-state index in [2.05, 4.69) is 21.0 Å². The van der Waals surface area contributed by atoms with Crippen LogP contribution in [0.15, 0.2) is 39.6 Å². The molecule has 0 radical (unpaired) electrons. The van der Waals surface area contributed by atoms with Crippen molar-refractivity contribution in [1.82, 2.24) is 9.78 Å². The average molecular weight is 323 g/mol. The van der Waals surface area contributed by atoms with E-state index >= 15 is 0 Å². The number of carboxylic acids is 1. The summed E-state index contributed by atoms with van der Waals surface area (Å²) in [5.74, 6) is -1.14. The lowest BCUT2D eigenvalue weighted by molar-refractivity contribution is 0.0694. The Labute approximate surface area is 117 Å². The van der Waals surface area contributed by atoms with Crippen molar-refractivity contribution in [3.8, 4) is 5.69 Å². The van der Waals surface area contributed by atoms with Gasteiger partial charge < -0.3 is 5.11 Å². The van der Waals surface area contributed by atoms with Crippen molar-refractivity contribution in [1.29, 1.82) is 0 Å². The number of hydrogen-bond donors (Lipinski definition) is 1. The molecule has 0 saturated heterocycles. The van der Waals surface area contributed by atoms with Gasteiger partial charge >= 0.3 is 5.97 Å². The molecule has 0 aliphatic heterocycles. The summed E-state index contributed by atoms with van der Waals surface area (Å²) >= 11 is 3.32. The smallest absolute Gasteiger partial charge is 0.337 e. The van der Waals surface area contributed by atoms with Gasteiger partial charge in [0, 0.05) is 10.5 Å². The lowest BCUT2D eigenvalue weighted by atomic mass is 10.2. The lowest BCUT2D eigenvalue weighted by Crippen LogP contribution is -2.24. The molecule has 6 heteroatoms. The van der Waals surface area contributed by atoms with Crippen LogP contribution in [0.3, 0.4) is 0 Å². The predicted molar refractivity (Wildman–Crippen MR) is 73.9 cm³/mol. The molecule has 0 unspecified atom stereocenters. The number of rotatable bonds is 3. The van der Waals surface area contributed by atoms with Gasteiger partial charge in [-0.05, 0) is 24.6 Å². The second kappa shape index (κ2) is 5.36. The first-order valence-corrected chi connectivity index (χ1v) is 6.44. The third kappa shape index (κ3) is 2.73. The molecule has 1 aromatic carbocycles. The molecule has 1 N–H and O–H groups in total. The normalized spacial score (nSPS) is 10.4. The van der Waals surface area contributed by atoms with E-state index in [4.69, 9.17) is 5.11 Å². The second-order valence-electron chi connectivity index (χ2n) is 3.89. The number of aryl methyl sites for hydroxylation is 1. The third-order valence-electron chi connectivity index (χ3n) is 2.63. The summed E-state index contributed by atoms with van der Waals surface area (Å²) in [4.78, 5) is 23.0. The average Bonchev–Trinajstić information content (AvgIpc) is 2.38. The molecule has 2 rings (SSSR count). The standard InChI is InChI=1S/C13H11BrN2O3/c1-2-11-10(13(18)19)7-12(17)16(15-11)9-5-3-4-8(14)6-9/h3-7H,2H2,1H3,(H,18,19). The molecule has 0 atom stereocenters. The number of carbonyl (C=O) groups is 1. The lowest BCUT2D eigenvalue weighted by Gasteiger charge is -2.08. The van der Waals surface area contributed by atoms with Gasteiger partial charge in [0.1, 0.15) is 0 Å². The van der Waals surface area contributed by atoms with Gasteiger partial charge in [0.15, 0.2) is 0 Å². The molecular formula is C13H11BrN2O3. The minimum atomic E-state index is -1.14. The fraction of sp³-hybridized carbons (Fsp3) is 0.154. The molecule has 0 spiro atoms. The van der Waals surface area contributed by atoms with Crippen LogP contribution in [0.1, 0.15) is 23.0 Å². The third-order valence-corrected chi connectivity index (χ3v) is 3.12. The number of carboxylic acid groups (broad SMARTS) is 1. The van der Waals surface area contributed by atoms with E-state index in [1.807, 2.05) is 6.07 Å². The van der Waals surface area contributed by atoms with Crippen LogP contribution in [0.2, 0.25) is 0 Å². The van der Waals surface area contributed by atoms with Crippen molar-refractivity contribution in [2.45, 2.75) is 13.3 Å². The maximum absolute atomic E-state index is 11.9. The van der Waals surface area contributed by atoms with E-state index in [9.17, 15) is 9.59 Å². The maximum Gasteiger partial charge on any atom is 0.337 e. The van der Waals surface area contributed by atoms with Crippen molar-refractivity contribution in [3.63, 3.8) is 0 Å². The number of nitrogens with zero attached hydrogens (tertiary/aromatic N) is 2. The van der Waals surface area contributed by atoms with Gasteiger partial charge in [-0.15, -0.1) is 0 Å². The molecule has 19 heavy (non-hydrogen) atoms. The highest BCUT2D eigenvalue weighted by Gasteiger charge is 2.14. The zero-order chi connectivity index (χ0) is 14.0. The SMILES string of the molecule is CCc1nn(-c2cccc(Br)c2)c(=O)cc1C(=O)O. The zero-order valence-corrected chi connectivity index (χ0v) is 11.7. The Balaban J connectivity index is 2.66. The molecule has 2 aromatic rings. The fourth-order valence-electron chi connectivity index (χ4n) is 1.73. The first-order chi connectivity index (χ1) is 9.02. The summed E-state index contributed by atoms with van der Waals surface area (Å²) in [6, 6.07) is 8.20.